The minimum atomic E-state index is -0.205. The molecule has 1 rings (SSSR count). The number of esters is 1. The number of benzene rings is 1. The Morgan fingerprint density at radius 3 is 2.06 bits per heavy atom. The number of hydrogen-bond acceptors (Lipinski definition) is 7. The Balaban J connectivity index is 0.00000900. The van der Waals surface area contributed by atoms with Crippen LogP contribution in [0.4, 0.5) is 0 Å². The largest absolute Gasteiger partial charge is 0.494 e. The molecule has 0 saturated carbocycles. The van der Waals surface area contributed by atoms with Crippen LogP contribution in [0.5, 0.6) is 5.75 Å². The van der Waals surface area contributed by atoms with E-state index >= 15 is 0 Å². The first kappa shape index (κ1) is 29.6. The summed E-state index contributed by atoms with van der Waals surface area (Å²) in [6.45, 7) is 6.22. The van der Waals surface area contributed by atoms with Crippen molar-refractivity contribution in [2.45, 2.75) is 51.5 Å². The van der Waals surface area contributed by atoms with Gasteiger partial charge in [0.15, 0.2) is 0 Å². The van der Waals surface area contributed by atoms with Gasteiger partial charge in [-0.3, -0.25) is 4.79 Å². The molecule has 0 radical (unpaired) electrons. The number of halogens is 1. The average molecular weight is 462 g/mol. The Morgan fingerprint density at radius 1 is 0.871 bits per heavy atom. The Morgan fingerprint density at radius 2 is 1.45 bits per heavy atom. The number of rotatable bonds is 19. The zero-order valence-electron chi connectivity index (χ0n) is 19.0. The molecule has 0 spiro atoms. The molecule has 0 fully saturated rings. The zero-order chi connectivity index (χ0) is 21.9. The number of ether oxygens (including phenoxy) is 5. The van der Waals surface area contributed by atoms with E-state index < -0.39 is 0 Å². The number of nitrogens with two attached hydrogens (primary N) is 1. The highest BCUT2D eigenvalue weighted by molar-refractivity contribution is 5.85. The van der Waals surface area contributed by atoms with Crippen LogP contribution >= 0.6 is 12.4 Å². The van der Waals surface area contributed by atoms with Crippen molar-refractivity contribution in [3.63, 3.8) is 0 Å². The van der Waals surface area contributed by atoms with Gasteiger partial charge in [0.2, 0.25) is 0 Å². The monoisotopic (exact) mass is 461 g/mol. The molecule has 0 bridgehead atoms. The SMILES string of the molecule is COC(=O)CCCOCCOCCOCCCCCCOc1cccc([C@@H](C)N)c1.Cl. The summed E-state index contributed by atoms with van der Waals surface area (Å²) in [5.74, 6) is 0.684. The first-order valence-corrected chi connectivity index (χ1v) is 10.9. The third kappa shape index (κ3) is 16.9. The van der Waals surface area contributed by atoms with E-state index in [0.717, 1.165) is 50.2 Å². The Bertz CT molecular complexity index is 559. The minimum Gasteiger partial charge on any atom is -0.494 e. The quantitative estimate of drug-likeness (QED) is 0.245. The zero-order valence-corrected chi connectivity index (χ0v) is 19.8. The van der Waals surface area contributed by atoms with Crippen LogP contribution in [0.15, 0.2) is 24.3 Å². The van der Waals surface area contributed by atoms with Gasteiger partial charge in [0.1, 0.15) is 5.75 Å². The van der Waals surface area contributed by atoms with Crippen LogP contribution in [-0.4, -0.2) is 59.3 Å². The maximum atomic E-state index is 10.9. The Hall–Kier alpha value is -1.38. The van der Waals surface area contributed by atoms with E-state index in [2.05, 4.69) is 4.74 Å². The van der Waals surface area contributed by atoms with Gasteiger partial charge in [0, 0.05) is 25.7 Å². The van der Waals surface area contributed by atoms with Crippen molar-refractivity contribution < 1.29 is 28.5 Å². The van der Waals surface area contributed by atoms with E-state index in [1.807, 2.05) is 31.2 Å². The number of carbonyl (C=O) groups is 1. The second kappa shape index (κ2) is 20.5. The molecule has 0 aromatic heterocycles. The van der Waals surface area contributed by atoms with Gasteiger partial charge >= 0.3 is 5.97 Å². The van der Waals surface area contributed by atoms with Crippen molar-refractivity contribution in [2.75, 3.05) is 53.4 Å². The highest BCUT2D eigenvalue weighted by Gasteiger charge is 2.01. The number of unbranched alkanes of at least 4 members (excludes halogenated alkanes) is 3. The van der Waals surface area contributed by atoms with E-state index in [0.29, 0.717) is 45.9 Å². The molecule has 8 heteroatoms. The lowest BCUT2D eigenvalue weighted by Gasteiger charge is -2.10. The van der Waals surface area contributed by atoms with E-state index in [1.54, 1.807) is 0 Å². The van der Waals surface area contributed by atoms with E-state index in [9.17, 15) is 4.79 Å². The summed E-state index contributed by atoms with van der Waals surface area (Å²) in [6.07, 6.45) is 5.39. The van der Waals surface area contributed by atoms with Crippen LogP contribution < -0.4 is 10.5 Å². The molecule has 1 aromatic carbocycles. The third-order valence-corrected chi connectivity index (χ3v) is 4.48. The van der Waals surface area contributed by atoms with Gasteiger partial charge in [0.25, 0.3) is 0 Å². The molecule has 0 aliphatic carbocycles. The maximum Gasteiger partial charge on any atom is 0.305 e. The molecule has 2 N–H and O–H groups in total. The van der Waals surface area contributed by atoms with Crippen molar-refractivity contribution in [2.24, 2.45) is 5.73 Å². The van der Waals surface area contributed by atoms with Gasteiger partial charge in [-0.15, -0.1) is 12.4 Å². The lowest BCUT2D eigenvalue weighted by molar-refractivity contribution is -0.141. The van der Waals surface area contributed by atoms with Crippen LogP contribution in [0, 0.1) is 0 Å². The van der Waals surface area contributed by atoms with Gasteiger partial charge in [-0.25, -0.2) is 0 Å². The summed E-state index contributed by atoms with van der Waals surface area (Å²) in [6, 6.07) is 8.01. The van der Waals surface area contributed by atoms with Crippen molar-refractivity contribution in [1.29, 1.82) is 0 Å². The van der Waals surface area contributed by atoms with Gasteiger partial charge in [-0.05, 0) is 50.3 Å². The summed E-state index contributed by atoms with van der Waals surface area (Å²) in [5, 5.41) is 0. The molecular weight excluding hydrogens is 422 g/mol. The Kier molecular flexibility index (Phi) is 19.6. The maximum absolute atomic E-state index is 10.9. The molecule has 180 valence electrons. The summed E-state index contributed by atoms with van der Waals surface area (Å²) in [7, 11) is 1.39. The Labute approximate surface area is 193 Å². The van der Waals surface area contributed by atoms with E-state index in [1.165, 1.54) is 7.11 Å². The molecular formula is C23H40ClNO6. The summed E-state index contributed by atoms with van der Waals surface area (Å²) in [4.78, 5) is 10.9. The minimum absolute atomic E-state index is 0. The topological polar surface area (TPSA) is 89.2 Å². The summed E-state index contributed by atoms with van der Waals surface area (Å²) < 4.78 is 26.7. The summed E-state index contributed by atoms with van der Waals surface area (Å²) in [5.41, 5.74) is 6.99. The fourth-order valence-electron chi connectivity index (χ4n) is 2.70. The predicted molar refractivity (Wildman–Crippen MR) is 124 cm³/mol. The van der Waals surface area contributed by atoms with Crippen LogP contribution in [0.25, 0.3) is 0 Å². The van der Waals surface area contributed by atoms with Crippen molar-refractivity contribution in [3.8, 4) is 5.75 Å². The molecule has 1 aromatic rings. The summed E-state index contributed by atoms with van der Waals surface area (Å²) >= 11 is 0. The van der Waals surface area contributed by atoms with Crippen LogP contribution in [0.3, 0.4) is 0 Å². The van der Waals surface area contributed by atoms with Crippen LogP contribution in [-0.2, 0) is 23.7 Å². The highest BCUT2D eigenvalue weighted by atomic mass is 35.5. The molecule has 31 heavy (non-hydrogen) atoms. The fraction of sp³-hybridized carbons (Fsp3) is 0.696. The van der Waals surface area contributed by atoms with Gasteiger partial charge < -0.3 is 29.4 Å². The first-order chi connectivity index (χ1) is 14.6. The van der Waals surface area contributed by atoms with Crippen LogP contribution in [0.2, 0.25) is 0 Å². The second-order valence-corrected chi connectivity index (χ2v) is 7.14. The number of methoxy groups -OCH3 is 1. The number of carbonyl (C=O) groups excluding carboxylic acids is 1. The van der Waals surface area contributed by atoms with E-state index in [4.69, 9.17) is 24.7 Å². The van der Waals surface area contributed by atoms with Gasteiger partial charge in [0.05, 0.1) is 40.1 Å². The normalized spacial score (nSPS) is 11.6. The molecule has 1 atom stereocenters. The second-order valence-electron chi connectivity index (χ2n) is 7.14. The molecule has 0 saturated heterocycles. The van der Waals surface area contributed by atoms with Crippen molar-refractivity contribution in [1.82, 2.24) is 0 Å². The predicted octanol–water partition coefficient (Wildman–Crippen LogP) is 4.07. The third-order valence-electron chi connectivity index (χ3n) is 4.48. The highest BCUT2D eigenvalue weighted by Crippen LogP contribution is 2.18. The lowest BCUT2D eigenvalue weighted by atomic mass is 10.1. The standard InChI is InChI=1S/C23H39NO6.ClH/c1-20(24)21-9-7-10-22(19-21)30-14-6-4-3-5-12-27-15-17-29-18-16-28-13-8-11-23(25)26-2;/h7,9-10,19-20H,3-6,8,11-18,24H2,1-2H3;1H/t20-;/m1./s1. The van der Waals surface area contributed by atoms with E-state index in [-0.39, 0.29) is 24.4 Å². The average Bonchev–Trinajstić information content (AvgIpc) is 2.75. The van der Waals surface area contributed by atoms with Gasteiger partial charge in [-0.2, -0.15) is 0 Å². The molecule has 0 heterocycles. The smallest absolute Gasteiger partial charge is 0.305 e. The lowest BCUT2D eigenvalue weighted by Crippen LogP contribution is -2.11. The van der Waals surface area contributed by atoms with Gasteiger partial charge in [-0.1, -0.05) is 18.6 Å². The number of hydrogen-bond donors (Lipinski definition) is 1. The first-order valence-electron chi connectivity index (χ1n) is 10.9. The molecule has 7 nitrogen and oxygen atoms in total. The van der Waals surface area contributed by atoms with Crippen molar-refractivity contribution in [3.05, 3.63) is 29.8 Å². The molecule has 0 unspecified atom stereocenters. The molecule has 0 amide bonds. The molecule has 0 aliphatic heterocycles. The van der Waals surface area contributed by atoms with Crippen molar-refractivity contribution >= 4 is 18.4 Å². The fourth-order valence-corrected chi connectivity index (χ4v) is 2.70. The molecule has 0 aliphatic rings. The van der Waals surface area contributed by atoms with Crippen LogP contribution in [0.1, 0.15) is 57.1 Å².